The molecule has 106 valence electrons. The summed E-state index contributed by atoms with van der Waals surface area (Å²) in [6, 6.07) is 0. The number of allylic oxidation sites excluding steroid dienone is 1. The van der Waals surface area contributed by atoms with Crippen LogP contribution in [0.3, 0.4) is 0 Å². The summed E-state index contributed by atoms with van der Waals surface area (Å²) >= 11 is 0. The van der Waals surface area contributed by atoms with E-state index in [1.54, 1.807) is 6.08 Å². The summed E-state index contributed by atoms with van der Waals surface area (Å²) in [6.07, 6.45) is 7.16. The molecule has 0 aromatic rings. The Balaban J connectivity index is 1.84. The maximum atomic E-state index is 12.2. The Morgan fingerprint density at radius 1 is 1.32 bits per heavy atom. The van der Waals surface area contributed by atoms with Crippen molar-refractivity contribution in [1.29, 1.82) is 0 Å². The first kappa shape index (κ1) is 14.1. The van der Waals surface area contributed by atoms with E-state index in [-0.39, 0.29) is 12.3 Å². The number of hydrogen-bond acceptors (Lipinski definition) is 2. The standard InChI is InChI=1S/C15H23NO3/c1-11(13-5-6-13)9-14(17)16-8-2-3-12(10-16)4-7-15(18)19/h9,12-13H,2-8,10H2,1H3,(H,18,19)/b11-9-/t12-/m0/s1. The molecule has 2 aliphatic rings. The predicted molar refractivity (Wildman–Crippen MR) is 72.7 cm³/mol. The summed E-state index contributed by atoms with van der Waals surface area (Å²) < 4.78 is 0. The molecule has 0 unspecified atom stereocenters. The normalized spacial score (nSPS) is 24.4. The Hall–Kier alpha value is -1.32. The molecule has 1 N–H and O–H groups in total. The van der Waals surface area contributed by atoms with Crippen LogP contribution in [0.5, 0.6) is 0 Å². The Morgan fingerprint density at radius 3 is 2.68 bits per heavy atom. The predicted octanol–water partition coefficient (Wildman–Crippen LogP) is 2.45. The van der Waals surface area contributed by atoms with Crippen LogP contribution < -0.4 is 0 Å². The van der Waals surface area contributed by atoms with E-state index in [1.807, 2.05) is 11.8 Å². The van der Waals surface area contributed by atoms with E-state index >= 15 is 0 Å². The molecule has 0 spiro atoms. The van der Waals surface area contributed by atoms with Gasteiger partial charge in [-0.3, -0.25) is 9.59 Å². The zero-order chi connectivity index (χ0) is 13.8. The van der Waals surface area contributed by atoms with Crippen LogP contribution in [-0.4, -0.2) is 35.0 Å². The number of piperidine rings is 1. The molecule has 19 heavy (non-hydrogen) atoms. The van der Waals surface area contributed by atoms with Gasteiger partial charge in [-0.2, -0.15) is 0 Å². The fourth-order valence-corrected chi connectivity index (χ4v) is 2.77. The van der Waals surface area contributed by atoms with Crippen LogP contribution in [0.1, 0.15) is 45.4 Å². The molecule has 1 saturated heterocycles. The van der Waals surface area contributed by atoms with Crippen LogP contribution in [0.2, 0.25) is 0 Å². The quantitative estimate of drug-likeness (QED) is 0.777. The number of amides is 1. The number of aliphatic carboxylic acids is 1. The Labute approximate surface area is 114 Å². The molecule has 1 amide bonds. The fraction of sp³-hybridized carbons (Fsp3) is 0.733. The molecule has 4 heteroatoms. The lowest BCUT2D eigenvalue weighted by atomic mass is 9.93. The maximum absolute atomic E-state index is 12.2. The van der Waals surface area contributed by atoms with Gasteiger partial charge in [0.05, 0.1) is 0 Å². The lowest BCUT2D eigenvalue weighted by Gasteiger charge is -2.32. The van der Waals surface area contributed by atoms with Gasteiger partial charge in [-0.1, -0.05) is 5.57 Å². The van der Waals surface area contributed by atoms with Crippen molar-refractivity contribution >= 4 is 11.9 Å². The van der Waals surface area contributed by atoms with Crippen molar-refractivity contribution in [2.45, 2.75) is 45.4 Å². The summed E-state index contributed by atoms with van der Waals surface area (Å²) in [7, 11) is 0. The van der Waals surface area contributed by atoms with Gasteiger partial charge in [0.1, 0.15) is 0 Å². The van der Waals surface area contributed by atoms with Crippen LogP contribution >= 0.6 is 0 Å². The van der Waals surface area contributed by atoms with Crippen molar-refractivity contribution < 1.29 is 14.7 Å². The number of carbonyl (C=O) groups excluding carboxylic acids is 1. The molecule has 2 fully saturated rings. The fourth-order valence-electron chi connectivity index (χ4n) is 2.77. The summed E-state index contributed by atoms with van der Waals surface area (Å²) in [6.45, 7) is 3.58. The summed E-state index contributed by atoms with van der Waals surface area (Å²) in [4.78, 5) is 24.6. The molecule has 0 aromatic heterocycles. The highest BCUT2D eigenvalue weighted by Gasteiger charge is 2.26. The van der Waals surface area contributed by atoms with E-state index in [0.29, 0.717) is 18.3 Å². The molecule has 1 aliphatic heterocycles. The number of carbonyl (C=O) groups is 2. The molecular weight excluding hydrogens is 242 g/mol. The molecule has 0 aromatic carbocycles. The first-order chi connectivity index (χ1) is 9.06. The molecule has 4 nitrogen and oxygen atoms in total. The van der Waals surface area contributed by atoms with E-state index in [4.69, 9.17) is 5.11 Å². The number of nitrogens with zero attached hydrogens (tertiary/aromatic N) is 1. The van der Waals surface area contributed by atoms with Gasteiger partial charge in [0.15, 0.2) is 0 Å². The van der Waals surface area contributed by atoms with Crippen molar-refractivity contribution in [3.63, 3.8) is 0 Å². The van der Waals surface area contributed by atoms with Crippen molar-refractivity contribution in [3.05, 3.63) is 11.6 Å². The Morgan fingerprint density at radius 2 is 2.05 bits per heavy atom. The van der Waals surface area contributed by atoms with Gasteiger partial charge in [-0.15, -0.1) is 0 Å². The molecule has 1 saturated carbocycles. The number of carboxylic acids is 1. The van der Waals surface area contributed by atoms with Crippen LogP contribution in [0.25, 0.3) is 0 Å². The van der Waals surface area contributed by atoms with Crippen LogP contribution in [0.4, 0.5) is 0 Å². The number of hydrogen-bond donors (Lipinski definition) is 1. The molecule has 0 radical (unpaired) electrons. The summed E-state index contributed by atoms with van der Waals surface area (Å²) in [5, 5.41) is 8.72. The first-order valence-corrected chi connectivity index (χ1v) is 7.25. The Bertz CT molecular complexity index is 385. The third-order valence-electron chi connectivity index (χ3n) is 4.17. The summed E-state index contributed by atoms with van der Waals surface area (Å²) in [5.41, 5.74) is 1.21. The molecular formula is C15H23NO3. The number of carboxylic acid groups (broad SMARTS) is 1. The van der Waals surface area contributed by atoms with Crippen molar-refractivity contribution in [1.82, 2.24) is 4.90 Å². The second-order valence-electron chi connectivity index (χ2n) is 5.89. The first-order valence-electron chi connectivity index (χ1n) is 7.25. The van der Waals surface area contributed by atoms with E-state index in [1.165, 1.54) is 18.4 Å². The molecule has 1 heterocycles. The highest BCUT2D eigenvalue weighted by molar-refractivity contribution is 5.88. The van der Waals surface area contributed by atoms with Gasteiger partial charge < -0.3 is 10.0 Å². The topological polar surface area (TPSA) is 57.6 Å². The average Bonchev–Trinajstić information content (AvgIpc) is 3.21. The minimum Gasteiger partial charge on any atom is -0.481 e. The van der Waals surface area contributed by atoms with Crippen molar-refractivity contribution in [2.24, 2.45) is 11.8 Å². The molecule has 2 rings (SSSR count). The van der Waals surface area contributed by atoms with Gasteiger partial charge in [0.25, 0.3) is 0 Å². The Kier molecular flexibility index (Phi) is 4.61. The zero-order valence-electron chi connectivity index (χ0n) is 11.6. The third kappa shape index (κ3) is 4.37. The second-order valence-corrected chi connectivity index (χ2v) is 5.89. The zero-order valence-corrected chi connectivity index (χ0v) is 11.6. The molecule has 1 aliphatic carbocycles. The average molecular weight is 265 g/mol. The van der Waals surface area contributed by atoms with Crippen molar-refractivity contribution in [3.8, 4) is 0 Å². The van der Waals surface area contributed by atoms with Crippen molar-refractivity contribution in [2.75, 3.05) is 13.1 Å². The van der Waals surface area contributed by atoms with Gasteiger partial charge in [0, 0.05) is 25.6 Å². The molecule has 0 bridgehead atoms. The minimum atomic E-state index is -0.743. The van der Waals surface area contributed by atoms with E-state index in [0.717, 1.165) is 25.9 Å². The number of likely N-dealkylation sites (tertiary alicyclic amines) is 1. The lowest BCUT2D eigenvalue weighted by Crippen LogP contribution is -2.39. The van der Waals surface area contributed by atoms with Gasteiger partial charge >= 0.3 is 5.97 Å². The van der Waals surface area contributed by atoms with E-state index in [9.17, 15) is 9.59 Å². The molecule has 1 atom stereocenters. The van der Waals surface area contributed by atoms with Crippen LogP contribution in [-0.2, 0) is 9.59 Å². The monoisotopic (exact) mass is 265 g/mol. The highest BCUT2D eigenvalue weighted by Crippen LogP contribution is 2.36. The lowest BCUT2D eigenvalue weighted by molar-refractivity contribution is -0.137. The van der Waals surface area contributed by atoms with E-state index < -0.39 is 5.97 Å². The van der Waals surface area contributed by atoms with Gasteiger partial charge in [-0.05, 0) is 50.9 Å². The smallest absolute Gasteiger partial charge is 0.303 e. The van der Waals surface area contributed by atoms with Crippen LogP contribution in [0.15, 0.2) is 11.6 Å². The SMILES string of the molecule is C/C(=C/C(=O)N1CCC[C@@H](CCC(=O)O)C1)C1CC1. The van der Waals surface area contributed by atoms with Crippen LogP contribution in [0, 0.1) is 11.8 Å². The highest BCUT2D eigenvalue weighted by atomic mass is 16.4. The maximum Gasteiger partial charge on any atom is 0.303 e. The van der Waals surface area contributed by atoms with Gasteiger partial charge in [0.2, 0.25) is 5.91 Å². The van der Waals surface area contributed by atoms with E-state index in [2.05, 4.69) is 0 Å². The summed E-state index contributed by atoms with van der Waals surface area (Å²) in [5.74, 6) is 0.359. The van der Waals surface area contributed by atoms with Gasteiger partial charge in [-0.25, -0.2) is 0 Å². The third-order valence-corrected chi connectivity index (χ3v) is 4.17. The number of rotatable bonds is 5. The minimum absolute atomic E-state index is 0.115. The largest absolute Gasteiger partial charge is 0.481 e. The second kappa shape index (κ2) is 6.22.